The van der Waals surface area contributed by atoms with Gasteiger partial charge in [-0.1, -0.05) is 50.2 Å². The summed E-state index contributed by atoms with van der Waals surface area (Å²) in [6.07, 6.45) is -9.44. The smallest absolute Gasteiger partial charge is 0.341 e. The zero-order valence-electron chi connectivity index (χ0n) is 48.8. The van der Waals surface area contributed by atoms with Crippen molar-refractivity contribution in [2.24, 2.45) is 28.8 Å². The van der Waals surface area contributed by atoms with Crippen molar-refractivity contribution in [2.45, 2.75) is 208 Å². The molecule has 1 aromatic heterocycles. The number of methoxy groups -OCH3 is 4. The maximum absolute atomic E-state index is 14.8. The number of nitrogens with zero attached hydrogens (tertiary/aromatic N) is 5. The van der Waals surface area contributed by atoms with Gasteiger partial charge in [-0.15, -0.1) is 5.10 Å². The van der Waals surface area contributed by atoms with Crippen LogP contribution in [0.25, 0.3) is 0 Å². The molecule has 1 aromatic carbocycles. The van der Waals surface area contributed by atoms with Crippen molar-refractivity contribution in [3.8, 4) is 0 Å². The van der Waals surface area contributed by atoms with Gasteiger partial charge in [0.2, 0.25) is 16.6 Å². The molecule has 3 fully saturated rings. The first kappa shape index (κ1) is 67.3. The summed E-state index contributed by atoms with van der Waals surface area (Å²) in [5.41, 5.74) is -3.37. The van der Waals surface area contributed by atoms with Gasteiger partial charge in [0.1, 0.15) is 42.7 Å². The van der Waals surface area contributed by atoms with Gasteiger partial charge in [-0.3, -0.25) is 4.79 Å². The number of halogens is 3. The number of hydrogen-bond donors (Lipinski definition) is 4. The molecule has 0 aliphatic carbocycles. The maximum Gasteiger partial charge on any atom is 0.341 e. The number of rotatable bonds is 21. The van der Waals surface area contributed by atoms with Gasteiger partial charge < -0.3 is 72.8 Å². The van der Waals surface area contributed by atoms with Crippen LogP contribution in [0.15, 0.2) is 40.5 Å². The molecule has 4 N–H and O–H groups in total. The normalized spacial score (nSPS) is 37.6. The summed E-state index contributed by atoms with van der Waals surface area (Å²) >= 11 is 0. The Morgan fingerprint density at radius 3 is 2.15 bits per heavy atom. The van der Waals surface area contributed by atoms with Crippen molar-refractivity contribution < 1.29 is 94.3 Å². The average molecular weight is 1170 g/mol. The van der Waals surface area contributed by atoms with E-state index in [1.54, 1.807) is 40.8 Å². The molecule has 3 saturated heterocycles. The number of cyclic esters (lactones) is 1. The van der Waals surface area contributed by atoms with Crippen LogP contribution in [-0.4, -0.2) is 206 Å². The van der Waals surface area contributed by atoms with Crippen molar-refractivity contribution in [2.75, 3.05) is 55.5 Å². The molecule has 4 heterocycles. The lowest BCUT2D eigenvalue weighted by Gasteiger charge is -2.50. The number of alkyl halides is 3. The summed E-state index contributed by atoms with van der Waals surface area (Å²) < 4.78 is 123. The standard InChI is InChI=1S/C54H88F3N5O17S/c1-16-40-54(10,67)46(64)31(4)42(59-74-28-70-12)29(2)24-53(9,73-15)48(32(5)44(33(6)49(66)77-40)78-41-25-52(8,72-14)47(65)34(7)76-41)79-50-43(63)38(23-30(3)75-50)61(11)22-21-36-27-62(60-58-36)39(26-55)45(71-13)35-17-19-37(20-18-35)80(68,69)51(56)57/h17-20,27,29-34,38-41,43-48,50-51,63-65,67H,16,21-26,28H2,1-15H3/b59-42+/t29-,30-,31+,32+,33-,34+,38+,39-,40-,41+,43-,44+,45-,46-,47+,48-,50+,52-,53-,54-/m1/s1. The van der Waals surface area contributed by atoms with Crippen LogP contribution in [0, 0.1) is 23.7 Å². The number of oxime groups is 1. The minimum atomic E-state index is -4.86. The Morgan fingerprint density at radius 2 is 1.57 bits per heavy atom. The highest BCUT2D eigenvalue weighted by Gasteiger charge is 2.54. The Bertz CT molecular complexity index is 2410. The molecule has 0 radical (unpaired) electrons. The maximum atomic E-state index is 14.8. The number of sulfone groups is 1. The first-order chi connectivity index (χ1) is 37.5. The van der Waals surface area contributed by atoms with Crippen LogP contribution >= 0.6 is 0 Å². The second-order valence-electron chi connectivity index (χ2n) is 22.5. The average Bonchev–Trinajstić information content (AvgIpc) is 3.90. The van der Waals surface area contributed by atoms with E-state index in [9.17, 15) is 46.8 Å². The van der Waals surface area contributed by atoms with E-state index in [2.05, 4.69) is 15.5 Å². The third kappa shape index (κ3) is 15.1. The van der Waals surface area contributed by atoms with Crippen molar-refractivity contribution >= 4 is 21.5 Å². The van der Waals surface area contributed by atoms with Crippen molar-refractivity contribution in [3.63, 3.8) is 0 Å². The largest absolute Gasteiger partial charge is 0.459 e. The molecule has 2 aromatic rings. The lowest BCUT2D eigenvalue weighted by atomic mass is 9.73. The van der Waals surface area contributed by atoms with E-state index >= 15 is 0 Å². The van der Waals surface area contributed by atoms with Crippen LogP contribution in [0.1, 0.15) is 118 Å². The molecule has 80 heavy (non-hydrogen) atoms. The second kappa shape index (κ2) is 28.4. The van der Waals surface area contributed by atoms with Crippen LogP contribution in [0.2, 0.25) is 0 Å². The molecule has 0 spiro atoms. The van der Waals surface area contributed by atoms with E-state index in [0.717, 1.165) is 12.1 Å². The fourth-order valence-corrected chi connectivity index (χ4v) is 12.4. The molecule has 0 unspecified atom stereocenters. The van der Waals surface area contributed by atoms with Crippen LogP contribution in [0.5, 0.6) is 0 Å². The number of aliphatic hydroxyl groups is 4. The Labute approximate surface area is 468 Å². The molecular formula is C54H88F3N5O17S. The van der Waals surface area contributed by atoms with Crippen LogP contribution in [0.3, 0.4) is 0 Å². The van der Waals surface area contributed by atoms with Gasteiger partial charge in [0.15, 0.2) is 12.6 Å². The van der Waals surface area contributed by atoms with Crippen molar-refractivity contribution in [3.05, 3.63) is 41.7 Å². The third-order valence-corrected chi connectivity index (χ3v) is 18.1. The minimum Gasteiger partial charge on any atom is -0.459 e. The molecular weight excluding hydrogens is 1080 g/mol. The Kier molecular flexibility index (Phi) is 23.9. The third-order valence-electron chi connectivity index (χ3n) is 16.7. The van der Waals surface area contributed by atoms with E-state index in [0.29, 0.717) is 29.9 Å². The fourth-order valence-electron chi connectivity index (χ4n) is 11.6. The summed E-state index contributed by atoms with van der Waals surface area (Å²) in [5.74, 6) is -7.80. The number of likely N-dealkylation sites (N-methyl/N-ethyl adjacent to an activating group) is 1. The monoisotopic (exact) mass is 1170 g/mol. The van der Waals surface area contributed by atoms with Gasteiger partial charge in [-0.2, -0.15) is 8.78 Å². The zero-order valence-corrected chi connectivity index (χ0v) is 49.6. The van der Waals surface area contributed by atoms with Gasteiger partial charge in [0.25, 0.3) is 0 Å². The Balaban J connectivity index is 1.50. The SMILES string of the molecule is CC[C@H]1OC(=O)[C@H](C)[C@@H](O[C@H]2C[C@@](C)(OC)[C@@H](O)[C@H](C)O2)[C@H](C)[C@@H](O[C@@H]2O[C@H](C)C[C@H](N(C)CCc3cn([C@H](CF)[C@H](OC)c4ccc(S(=O)(=O)C(F)F)cc4)nn3)[C@H]2O)[C@](C)(OC)C[C@@H](C)/C(=N\OCOC)[C@H](C)[C@@H](O)[C@]1(C)O. The Morgan fingerprint density at radius 1 is 0.925 bits per heavy atom. The molecule has 0 amide bonds. The summed E-state index contributed by atoms with van der Waals surface area (Å²) in [6, 6.07) is 2.94. The van der Waals surface area contributed by atoms with Crippen LogP contribution < -0.4 is 0 Å². The summed E-state index contributed by atoms with van der Waals surface area (Å²) in [6.45, 7) is 16.3. The topological polar surface area (TPSA) is 271 Å². The van der Waals surface area contributed by atoms with Gasteiger partial charge in [0, 0.05) is 77.8 Å². The predicted molar refractivity (Wildman–Crippen MR) is 283 cm³/mol. The van der Waals surface area contributed by atoms with Crippen molar-refractivity contribution in [1.82, 2.24) is 19.9 Å². The van der Waals surface area contributed by atoms with E-state index in [1.807, 2.05) is 39.6 Å². The second-order valence-corrected chi connectivity index (χ2v) is 24.4. The molecule has 26 heteroatoms. The van der Waals surface area contributed by atoms with E-state index in [1.165, 1.54) is 52.2 Å². The first-order valence-corrected chi connectivity index (χ1v) is 28.7. The van der Waals surface area contributed by atoms with Crippen molar-refractivity contribution in [1.29, 1.82) is 0 Å². The van der Waals surface area contributed by atoms with E-state index in [4.69, 9.17) is 47.5 Å². The highest BCUT2D eigenvalue weighted by Crippen LogP contribution is 2.42. The molecule has 22 nitrogen and oxygen atoms in total. The summed E-state index contributed by atoms with van der Waals surface area (Å²) in [4.78, 5) is 21.5. The first-order valence-electron chi connectivity index (χ1n) is 27.2. The lowest BCUT2D eigenvalue weighted by Crippen LogP contribution is -2.61. The summed E-state index contributed by atoms with van der Waals surface area (Å²) in [5, 5.41) is 60.6. The number of benzene rings is 1. The highest BCUT2D eigenvalue weighted by atomic mass is 32.2. The lowest BCUT2D eigenvalue weighted by molar-refractivity contribution is -0.319. The van der Waals surface area contributed by atoms with Gasteiger partial charge in [0.05, 0.1) is 63.9 Å². The molecule has 20 atom stereocenters. The zero-order chi connectivity index (χ0) is 59.8. The molecule has 5 rings (SSSR count). The fraction of sp³-hybridized carbons (Fsp3) is 0.815. The number of hydrogen-bond acceptors (Lipinski definition) is 21. The highest BCUT2D eigenvalue weighted by molar-refractivity contribution is 7.91. The van der Waals surface area contributed by atoms with Crippen LogP contribution in [0.4, 0.5) is 13.2 Å². The van der Waals surface area contributed by atoms with E-state index in [-0.39, 0.29) is 32.5 Å². The number of ether oxygens (including phenoxy) is 9. The summed E-state index contributed by atoms with van der Waals surface area (Å²) in [7, 11) is 2.69. The number of esters is 1. The van der Waals surface area contributed by atoms with Crippen LogP contribution in [-0.2, 0) is 68.5 Å². The number of carbonyl (C=O) groups excluding carboxylic acids is 1. The number of carbonyl (C=O) groups is 1. The molecule has 3 aliphatic heterocycles. The molecule has 3 aliphatic rings. The Hall–Kier alpha value is -3.48. The quantitative estimate of drug-likeness (QED) is 0.0557. The van der Waals surface area contributed by atoms with Gasteiger partial charge in [-0.25, -0.2) is 17.5 Å². The molecule has 0 saturated carbocycles. The number of aliphatic hydroxyl groups excluding tert-OH is 3. The minimum absolute atomic E-state index is 0.0513. The van der Waals surface area contributed by atoms with Gasteiger partial charge >= 0.3 is 11.7 Å². The molecule has 0 bridgehead atoms. The van der Waals surface area contributed by atoms with Gasteiger partial charge in [-0.05, 0) is 85.5 Å². The number of aromatic nitrogens is 3. The predicted octanol–water partition coefficient (Wildman–Crippen LogP) is 4.95. The van der Waals surface area contributed by atoms with E-state index < -0.39 is 153 Å². The molecule has 458 valence electrons.